The molecule has 138 valence electrons. The van der Waals surface area contributed by atoms with Crippen LogP contribution in [0.2, 0.25) is 0 Å². The molecule has 0 bridgehead atoms. The zero-order chi connectivity index (χ0) is 18.4. The summed E-state index contributed by atoms with van der Waals surface area (Å²) in [5.41, 5.74) is 8.73. The summed E-state index contributed by atoms with van der Waals surface area (Å²) >= 11 is 0. The Morgan fingerprint density at radius 3 is 2.19 bits per heavy atom. The third-order valence-electron chi connectivity index (χ3n) is 5.15. The average Bonchev–Trinajstić information content (AvgIpc) is 2.73. The molecule has 0 unspecified atom stereocenters. The van der Waals surface area contributed by atoms with E-state index in [-0.39, 0.29) is 5.91 Å². The number of benzene rings is 2. The highest BCUT2D eigenvalue weighted by Gasteiger charge is 2.38. The normalized spacial score (nSPS) is 16.1. The second-order valence-corrected chi connectivity index (χ2v) is 6.70. The van der Waals surface area contributed by atoms with E-state index in [2.05, 4.69) is 17.4 Å². The number of carbonyl (C=O) groups is 1. The topological polar surface area (TPSA) is 73.6 Å². The lowest BCUT2D eigenvalue weighted by atomic mass is 9.79. The third kappa shape index (κ3) is 4.06. The van der Waals surface area contributed by atoms with Crippen molar-refractivity contribution in [3.8, 4) is 16.9 Å². The largest absolute Gasteiger partial charge is 0.497 e. The lowest BCUT2D eigenvalue weighted by Gasteiger charge is -2.34. The van der Waals surface area contributed by atoms with E-state index in [0.29, 0.717) is 39.1 Å². The van der Waals surface area contributed by atoms with Gasteiger partial charge in [-0.1, -0.05) is 36.4 Å². The van der Waals surface area contributed by atoms with Gasteiger partial charge in [0.2, 0.25) is 5.91 Å². The summed E-state index contributed by atoms with van der Waals surface area (Å²) in [5.74, 6) is 0.873. The van der Waals surface area contributed by atoms with Crippen LogP contribution in [0.5, 0.6) is 5.75 Å². The van der Waals surface area contributed by atoms with Gasteiger partial charge in [-0.15, -0.1) is 0 Å². The molecule has 5 heteroatoms. The van der Waals surface area contributed by atoms with Gasteiger partial charge in [0.05, 0.1) is 12.5 Å². The average molecular weight is 354 g/mol. The van der Waals surface area contributed by atoms with E-state index >= 15 is 0 Å². The van der Waals surface area contributed by atoms with Gasteiger partial charge in [-0.2, -0.15) is 0 Å². The van der Waals surface area contributed by atoms with E-state index in [1.807, 2.05) is 36.4 Å². The lowest BCUT2D eigenvalue weighted by Crippen LogP contribution is -2.48. The first-order valence-corrected chi connectivity index (χ1v) is 8.96. The van der Waals surface area contributed by atoms with Crippen molar-refractivity contribution in [1.29, 1.82) is 0 Å². The number of hydrogen-bond acceptors (Lipinski definition) is 4. The maximum absolute atomic E-state index is 12.6. The maximum Gasteiger partial charge on any atom is 0.227 e. The first kappa shape index (κ1) is 18.4. The highest BCUT2D eigenvalue weighted by atomic mass is 16.5. The minimum atomic E-state index is -0.485. The van der Waals surface area contributed by atoms with Crippen LogP contribution in [0, 0.1) is 5.41 Å². The Hall–Kier alpha value is -2.37. The minimum absolute atomic E-state index is 0.0301. The van der Waals surface area contributed by atoms with Gasteiger partial charge >= 0.3 is 0 Å². The molecular formula is C21H26N2O3. The molecule has 0 atom stereocenters. The fourth-order valence-electron chi connectivity index (χ4n) is 3.25. The molecule has 1 aliphatic rings. The Balaban J connectivity index is 1.61. The quantitative estimate of drug-likeness (QED) is 0.837. The van der Waals surface area contributed by atoms with Crippen LogP contribution >= 0.6 is 0 Å². The molecule has 1 heterocycles. The Labute approximate surface area is 154 Å². The molecule has 2 aromatic rings. The Morgan fingerprint density at radius 1 is 1.08 bits per heavy atom. The molecule has 1 amide bonds. The van der Waals surface area contributed by atoms with E-state index in [1.165, 1.54) is 0 Å². The molecule has 1 saturated heterocycles. The molecule has 0 spiro atoms. The van der Waals surface area contributed by atoms with Crippen LogP contribution < -0.4 is 15.8 Å². The molecule has 5 nitrogen and oxygen atoms in total. The molecule has 0 saturated carbocycles. The van der Waals surface area contributed by atoms with Gasteiger partial charge in [-0.05, 0) is 41.7 Å². The summed E-state index contributed by atoms with van der Waals surface area (Å²) in [6, 6.07) is 16.2. The number of amides is 1. The predicted octanol–water partition coefficient (Wildman–Crippen LogP) is 2.73. The van der Waals surface area contributed by atoms with Crippen LogP contribution in [0.15, 0.2) is 48.5 Å². The van der Waals surface area contributed by atoms with E-state index in [9.17, 15) is 4.79 Å². The van der Waals surface area contributed by atoms with Gasteiger partial charge < -0.3 is 20.5 Å². The predicted molar refractivity (Wildman–Crippen MR) is 102 cm³/mol. The van der Waals surface area contributed by atoms with E-state index in [4.69, 9.17) is 15.2 Å². The summed E-state index contributed by atoms with van der Waals surface area (Å²) < 4.78 is 10.6. The number of methoxy groups -OCH3 is 1. The van der Waals surface area contributed by atoms with Gasteiger partial charge in [-0.25, -0.2) is 0 Å². The first-order chi connectivity index (χ1) is 12.7. The highest BCUT2D eigenvalue weighted by Crippen LogP contribution is 2.29. The van der Waals surface area contributed by atoms with Crippen LogP contribution in [-0.2, 0) is 16.1 Å². The van der Waals surface area contributed by atoms with Crippen molar-refractivity contribution in [1.82, 2.24) is 5.32 Å². The first-order valence-electron chi connectivity index (χ1n) is 8.96. The molecule has 0 aromatic heterocycles. The second kappa shape index (κ2) is 8.34. The monoisotopic (exact) mass is 354 g/mol. The van der Waals surface area contributed by atoms with Crippen molar-refractivity contribution in [3.05, 3.63) is 54.1 Å². The van der Waals surface area contributed by atoms with Gasteiger partial charge in [-0.3, -0.25) is 4.79 Å². The summed E-state index contributed by atoms with van der Waals surface area (Å²) in [6.07, 6.45) is 1.37. The van der Waals surface area contributed by atoms with Crippen molar-refractivity contribution in [2.45, 2.75) is 19.4 Å². The van der Waals surface area contributed by atoms with E-state index in [1.54, 1.807) is 7.11 Å². The molecule has 3 rings (SSSR count). The molecule has 1 aliphatic heterocycles. The van der Waals surface area contributed by atoms with Crippen LogP contribution in [0.4, 0.5) is 0 Å². The molecule has 2 aromatic carbocycles. The number of nitrogens with one attached hydrogen (secondary N) is 1. The maximum atomic E-state index is 12.6. The van der Waals surface area contributed by atoms with E-state index in [0.717, 1.165) is 22.4 Å². The molecule has 26 heavy (non-hydrogen) atoms. The van der Waals surface area contributed by atoms with Crippen LogP contribution in [0.3, 0.4) is 0 Å². The fourth-order valence-corrected chi connectivity index (χ4v) is 3.25. The summed E-state index contributed by atoms with van der Waals surface area (Å²) in [6.45, 7) is 2.06. The second-order valence-electron chi connectivity index (χ2n) is 6.70. The Kier molecular flexibility index (Phi) is 5.91. The van der Waals surface area contributed by atoms with Gasteiger partial charge in [0.1, 0.15) is 5.75 Å². The number of carbonyl (C=O) groups excluding carboxylic acids is 1. The molecule has 1 fully saturated rings. The Bertz CT molecular complexity index is 720. The lowest BCUT2D eigenvalue weighted by molar-refractivity contribution is -0.136. The van der Waals surface area contributed by atoms with Crippen molar-refractivity contribution in [2.24, 2.45) is 11.1 Å². The van der Waals surface area contributed by atoms with Crippen molar-refractivity contribution in [3.63, 3.8) is 0 Å². The number of nitrogens with two attached hydrogens (primary N) is 1. The van der Waals surface area contributed by atoms with Crippen LogP contribution in [0.25, 0.3) is 11.1 Å². The van der Waals surface area contributed by atoms with Crippen LogP contribution in [0.1, 0.15) is 18.4 Å². The molecular weight excluding hydrogens is 328 g/mol. The van der Waals surface area contributed by atoms with Crippen molar-refractivity contribution >= 4 is 5.91 Å². The van der Waals surface area contributed by atoms with Crippen LogP contribution in [-0.4, -0.2) is 32.8 Å². The fraction of sp³-hybridized carbons (Fsp3) is 0.381. The highest BCUT2D eigenvalue weighted by molar-refractivity contribution is 5.83. The Morgan fingerprint density at radius 2 is 1.65 bits per heavy atom. The standard InChI is InChI=1S/C21H26N2O3/c1-25-19-8-6-18(7-9-19)17-4-2-16(3-5-17)14-23-20(24)21(15-22)10-12-26-13-11-21/h2-9H,10-15,22H2,1H3,(H,23,24). The number of ether oxygens (including phenoxy) is 2. The molecule has 3 N–H and O–H groups in total. The molecule has 0 radical (unpaired) electrons. The number of rotatable bonds is 6. The smallest absolute Gasteiger partial charge is 0.227 e. The zero-order valence-electron chi connectivity index (χ0n) is 15.2. The van der Waals surface area contributed by atoms with Crippen molar-refractivity contribution in [2.75, 3.05) is 26.9 Å². The molecule has 0 aliphatic carbocycles. The van der Waals surface area contributed by atoms with Crippen molar-refractivity contribution < 1.29 is 14.3 Å². The van der Waals surface area contributed by atoms with E-state index < -0.39 is 5.41 Å². The summed E-state index contributed by atoms with van der Waals surface area (Å²) in [7, 11) is 1.66. The zero-order valence-corrected chi connectivity index (χ0v) is 15.2. The summed E-state index contributed by atoms with van der Waals surface area (Å²) in [5, 5.41) is 3.04. The summed E-state index contributed by atoms with van der Waals surface area (Å²) in [4.78, 5) is 12.6. The van der Waals surface area contributed by atoms with Gasteiger partial charge in [0.25, 0.3) is 0 Å². The van der Waals surface area contributed by atoms with Gasteiger partial charge in [0.15, 0.2) is 0 Å². The SMILES string of the molecule is COc1ccc(-c2ccc(CNC(=O)C3(CN)CCOCC3)cc2)cc1. The van der Waals surface area contributed by atoms with Gasteiger partial charge in [0, 0.05) is 26.3 Å². The third-order valence-corrected chi connectivity index (χ3v) is 5.15. The minimum Gasteiger partial charge on any atom is -0.497 e. The number of hydrogen-bond donors (Lipinski definition) is 2.